The highest BCUT2D eigenvalue weighted by Crippen LogP contribution is 2.25. The van der Waals surface area contributed by atoms with E-state index in [0.717, 1.165) is 22.3 Å². The summed E-state index contributed by atoms with van der Waals surface area (Å²) >= 11 is 1.32. The second-order valence-corrected chi connectivity index (χ2v) is 10.7. The molecule has 9 heteroatoms. The van der Waals surface area contributed by atoms with Crippen LogP contribution < -0.4 is 4.74 Å². The van der Waals surface area contributed by atoms with Gasteiger partial charge in [-0.2, -0.15) is 0 Å². The molecule has 2 heterocycles. The predicted octanol–water partition coefficient (Wildman–Crippen LogP) is 3.27. The maximum absolute atomic E-state index is 13.1. The van der Waals surface area contributed by atoms with Gasteiger partial charge in [-0.05, 0) is 31.0 Å². The summed E-state index contributed by atoms with van der Waals surface area (Å²) in [5.74, 6) is 1.02. The molecule has 1 amide bonds. The molecule has 1 aliphatic heterocycles. The number of rotatable bonds is 8. The summed E-state index contributed by atoms with van der Waals surface area (Å²) < 4.78 is 29.5. The number of nitrogens with zero attached hydrogens (tertiary/aromatic N) is 2. The number of carbonyl (C=O) groups excluding carboxylic acids is 1. The van der Waals surface area contributed by atoms with Crippen molar-refractivity contribution in [3.63, 3.8) is 0 Å². The molecular weight excluding hydrogens is 434 g/mol. The molecule has 2 aromatic carbocycles. The van der Waals surface area contributed by atoms with E-state index in [9.17, 15) is 13.2 Å². The second kappa shape index (κ2) is 9.32. The van der Waals surface area contributed by atoms with E-state index in [1.807, 2.05) is 55.5 Å². The number of carbonyl (C=O) groups is 1. The average Bonchev–Trinajstić information content (AvgIpc) is 3.33. The zero-order valence-electron chi connectivity index (χ0n) is 17.3. The third-order valence-corrected chi connectivity index (χ3v) is 7.85. The molecule has 1 atom stereocenters. The number of ether oxygens (including phenoxy) is 1. The number of benzene rings is 2. The number of thioether (sulfide) groups is 1. The maximum atomic E-state index is 13.1. The molecule has 1 aliphatic rings. The zero-order valence-corrected chi connectivity index (χ0v) is 18.9. The summed E-state index contributed by atoms with van der Waals surface area (Å²) in [5.41, 5.74) is 2.64. The number of amides is 1. The van der Waals surface area contributed by atoms with Gasteiger partial charge in [-0.3, -0.25) is 4.79 Å². The first-order valence-electron chi connectivity index (χ1n) is 10.2. The number of fused-ring (bicyclic) bond motifs is 1. The molecule has 0 unspecified atom stereocenters. The van der Waals surface area contributed by atoms with Gasteiger partial charge < -0.3 is 14.6 Å². The minimum absolute atomic E-state index is 0.0289. The van der Waals surface area contributed by atoms with Gasteiger partial charge in [0.05, 0.1) is 34.9 Å². The number of sulfone groups is 1. The highest BCUT2D eigenvalue weighted by atomic mass is 32.2. The Labute approximate surface area is 186 Å². The van der Waals surface area contributed by atoms with Gasteiger partial charge in [0.2, 0.25) is 5.91 Å². The molecule has 1 N–H and O–H groups in total. The normalized spacial score (nSPS) is 17.6. The van der Waals surface area contributed by atoms with Crippen LogP contribution in [-0.2, 0) is 21.2 Å². The molecule has 1 aromatic heterocycles. The fourth-order valence-electron chi connectivity index (χ4n) is 3.73. The lowest BCUT2D eigenvalue weighted by Crippen LogP contribution is -2.41. The van der Waals surface area contributed by atoms with E-state index < -0.39 is 9.84 Å². The fraction of sp³-hybridized carbons (Fsp3) is 0.364. The van der Waals surface area contributed by atoms with Crippen molar-refractivity contribution in [2.24, 2.45) is 0 Å². The van der Waals surface area contributed by atoms with Crippen LogP contribution >= 0.6 is 11.8 Å². The largest absolute Gasteiger partial charge is 0.494 e. The van der Waals surface area contributed by atoms with Gasteiger partial charge in [-0.1, -0.05) is 42.1 Å². The molecular formula is C22H25N3O4S2. The quantitative estimate of drug-likeness (QED) is 0.520. The van der Waals surface area contributed by atoms with E-state index in [0.29, 0.717) is 24.7 Å². The van der Waals surface area contributed by atoms with Crippen LogP contribution in [0.15, 0.2) is 53.7 Å². The monoisotopic (exact) mass is 459 g/mol. The van der Waals surface area contributed by atoms with Gasteiger partial charge >= 0.3 is 0 Å². The Balaban J connectivity index is 1.47. The second-order valence-electron chi connectivity index (χ2n) is 7.51. The number of nitrogens with one attached hydrogen (secondary N) is 1. The molecule has 7 nitrogen and oxygen atoms in total. The standard InChI is InChI=1S/C22H25N3O4S2/c1-2-29-18-8-9-19-20(12-18)24-22(23-19)30-14-21(26)25(13-16-6-4-3-5-7-16)17-10-11-31(27,28)15-17/h3-9,12,17H,2,10-11,13-15H2,1H3,(H,23,24)/t17-/m0/s1. The van der Waals surface area contributed by atoms with E-state index in [4.69, 9.17) is 4.74 Å². The summed E-state index contributed by atoms with van der Waals surface area (Å²) in [4.78, 5) is 22.6. The minimum atomic E-state index is -3.09. The third kappa shape index (κ3) is 5.40. The van der Waals surface area contributed by atoms with Crippen LogP contribution in [-0.4, -0.2) is 59.1 Å². The SMILES string of the molecule is CCOc1ccc2nc(SCC(=O)N(Cc3ccccc3)[C@H]3CCS(=O)(=O)C3)[nH]c2c1. The number of hydrogen-bond acceptors (Lipinski definition) is 6. The van der Waals surface area contributed by atoms with Gasteiger partial charge in [0, 0.05) is 18.7 Å². The van der Waals surface area contributed by atoms with E-state index in [1.165, 1.54) is 11.8 Å². The highest BCUT2D eigenvalue weighted by Gasteiger charge is 2.34. The van der Waals surface area contributed by atoms with Gasteiger partial charge in [0.25, 0.3) is 0 Å². The first-order valence-corrected chi connectivity index (χ1v) is 13.0. The predicted molar refractivity (Wildman–Crippen MR) is 122 cm³/mol. The topological polar surface area (TPSA) is 92.4 Å². The molecule has 0 bridgehead atoms. The van der Waals surface area contributed by atoms with Crippen LogP contribution in [0.1, 0.15) is 18.9 Å². The zero-order chi connectivity index (χ0) is 21.8. The Morgan fingerprint density at radius 1 is 1.26 bits per heavy atom. The van der Waals surface area contributed by atoms with Crippen LogP contribution in [0.2, 0.25) is 0 Å². The van der Waals surface area contributed by atoms with E-state index >= 15 is 0 Å². The third-order valence-electron chi connectivity index (χ3n) is 5.24. The average molecular weight is 460 g/mol. The van der Waals surface area contributed by atoms with Crippen molar-refractivity contribution in [2.45, 2.75) is 31.1 Å². The van der Waals surface area contributed by atoms with Crippen molar-refractivity contribution in [3.8, 4) is 5.75 Å². The van der Waals surface area contributed by atoms with Crippen molar-refractivity contribution >= 4 is 38.5 Å². The van der Waals surface area contributed by atoms with Crippen LogP contribution in [0.3, 0.4) is 0 Å². The molecule has 1 fully saturated rings. The van der Waals surface area contributed by atoms with Gasteiger partial charge in [-0.25, -0.2) is 13.4 Å². The molecule has 0 radical (unpaired) electrons. The summed E-state index contributed by atoms with van der Waals surface area (Å²) in [6.07, 6.45) is 0.483. The van der Waals surface area contributed by atoms with E-state index in [-0.39, 0.29) is 29.2 Å². The van der Waals surface area contributed by atoms with Gasteiger partial charge in [0.15, 0.2) is 15.0 Å². The number of aromatic amines is 1. The molecule has 3 aromatic rings. The van der Waals surface area contributed by atoms with Crippen LogP contribution in [0, 0.1) is 0 Å². The summed E-state index contributed by atoms with van der Waals surface area (Å²) in [5, 5.41) is 0.649. The number of H-pyrrole nitrogens is 1. The Kier molecular flexibility index (Phi) is 6.52. The van der Waals surface area contributed by atoms with Crippen molar-refractivity contribution < 1.29 is 17.9 Å². The molecule has 4 rings (SSSR count). The van der Waals surface area contributed by atoms with Gasteiger partial charge in [-0.15, -0.1) is 0 Å². The van der Waals surface area contributed by atoms with E-state index in [2.05, 4.69) is 9.97 Å². The lowest BCUT2D eigenvalue weighted by atomic mass is 10.1. The van der Waals surface area contributed by atoms with Crippen molar-refractivity contribution in [3.05, 3.63) is 54.1 Å². The van der Waals surface area contributed by atoms with Crippen molar-refractivity contribution in [1.82, 2.24) is 14.9 Å². The van der Waals surface area contributed by atoms with Crippen LogP contribution in [0.4, 0.5) is 0 Å². The Morgan fingerprint density at radius 2 is 2.06 bits per heavy atom. The lowest BCUT2D eigenvalue weighted by Gasteiger charge is -2.28. The van der Waals surface area contributed by atoms with Crippen molar-refractivity contribution in [2.75, 3.05) is 23.9 Å². The molecule has 0 saturated carbocycles. The first-order chi connectivity index (χ1) is 14.9. The van der Waals surface area contributed by atoms with Crippen LogP contribution in [0.25, 0.3) is 11.0 Å². The minimum Gasteiger partial charge on any atom is -0.494 e. The maximum Gasteiger partial charge on any atom is 0.233 e. The molecule has 1 saturated heterocycles. The van der Waals surface area contributed by atoms with Crippen molar-refractivity contribution in [1.29, 1.82) is 0 Å². The number of aromatic nitrogens is 2. The highest BCUT2D eigenvalue weighted by molar-refractivity contribution is 7.99. The smallest absolute Gasteiger partial charge is 0.233 e. The lowest BCUT2D eigenvalue weighted by molar-refractivity contribution is -0.130. The number of hydrogen-bond donors (Lipinski definition) is 1. The van der Waals surface area contributed by atoms with E-state index in [1.54, 1.807) is 4.90 Å². The fourth-order valence-corrected chi connectivity index (χ4v) is 6.23. The van der Waals surface area contributed by atoms with Gasteiger partial charge in [0.1, 0.15) is 5.75 Å². The summed E-state index contributed by atoms with van der Waals surface area (Å²) in [6.45, 7) is 2.92. The number of imidazole rings is 1. The summed E-state index contributed by atoms with van der Waals surface area (Å²) in [7, 11) is -3.09. The first kappa shape index (κ1) is 21.7. The molecule has 0 aliphatic carbocycles. The Hall–Kier alpha value is -2.52. The molecule has 0 spiro atoms. The Bertz CT molecular complexity index is 1160. The Morgan fingerprint density at radius 3 is 2.77 bits per heavy atom. The van der Waals surface area contributed by atoms with Crippen LogP contribution in [0.5, 0.6) is 5.75 Å². The molecule has 164 valence electrons. The molecule has 31 heavy (non-hydrogen) atoms. The summed E-state index contributed by atoms with van der Waals surface area (Å²) in [6, 6.07) is 15.0.